The maximum atomic E-state index is 11.9. The van der Waals surface area contributed by atoms with Crippen molar-refractivity contribution in [3.05, 3.63) is 29.8 Å². The third kappa shape index (κ3) is 4.31. The lowest BCUT2D eigenvalue weighted by Crippen LogP contribution is -2.42. The third-order valence-corrected chi connectivity index (χ3v) is 3.32. The zero-order valence-corrected chi connectivity index (χ0v) is 11.0. The Morgan fingerprint density at radius 3 is 2.79 bits per heavy atom. The van der Waals surface area contributed by atoms with Gasteiger partial charge in [-0.1, -0.05) is 12.1 Å². The maximum absolute atomic E-state index is 11.9. The summed E-state index contributed by atoms with van der Waals surface area (Å²) in [5, 5.41) is 12.4. The van der Waals surface area contributed by atoms with Crippen LogP contribution in [0.25, 0.3) is 0 Å². The number of carbonyl (C=O) groups excluding carboxylic acids is 1. The average molecular weight is 263 g/mol. The topological polar surface area (TPSA) is 78.6 Å². The minimum absolute atomic E-state index is 0.0467. The van der Waals surface area contributed by atoms with E-state index in [1.54, 1.807) is 0 Å². The Kier molecular flexibility index (Phi) is 4.90. The lowest BCUT2D eigenvalue weighted by Gasteiger charge is -2.29. The van der Waals surface area contributed by atoms with Crippen LogP contribution >= 0.6 is 0 Å². The van der Waals surface area contributed by atoms with Crippen LogP contribution in [0.1, 0.15) is 18.4 Å². The standard InChI is InChI=1S/C14H21N3O2/c15-8-11-3-5-12(6-4-11)16-14(19)10-17-7-1-2-13(18)9-17/h3-6,13,18H,1-2,7-10,15H2,(H,16,19). The van der Waals surface area contributed by atoms with Gasteiger partial charge < -0.3 is 16.2 Å². The molecule has 104 valence electrons. The van der Waals surface area contributed by atoms with Crippen molar-refractivity contribution in [3.63, 3.8) is 0 Å². The second kappa shape index (κ2) is 6.65. The highest BCUT2D eigenvalue weighted by molar-refractivity contribution is 5.92. The molecule has 0 spiro atoms. The fourth-order valence-electron chi connectivity index (χ4n) is 2.30. The summed E-state index contributed by atoms with van der Waals surface area (Å²) in [5.74, 6) is -0.0467. The number of carbonyl (C=O) groups is 1. The smallest absolute Gasteiger partial charge is 0.238 e. The van der Waals surface area contributed by atoms with Crippen LogP contribution in [0.5, 0.6) is 0 Å². The Hall–Kier alpha value is -1.43. The number of β-amino-alcohol motifs (C(OH)–C–C–N with tert-alkyl or cyclic N) is 1. The van der Waals surface area contributed by atoms with E-state index in [1.807, 2.05) is 29.2 Å². The SMILES string of the molecule is NCc1ccc(NC(=O)CN2CCCC(O)C2)cc1. The van der Waals surface area contributed by atoms with E-state index in [-0.39, 0.29) is 12.0 Å². The number of nitrogens with one attached hydrogen (secondary N) is 1. The van der Waals surface area contributed by atoms with Gasteiger partial charge >= 0.3 is 0 Å². The summed E-state index contributed by atoms with van der Waals surface area (Å²) < 4.78 is 0. The van der Waals surface area contributed by atoms with Crippen LogP contribution in [0.4, 0.5) is 5.69 Å². The summed E-state index contributed by atoms with van der Waals surface area (Å²) >= 11 is 0. The van der Waals surface area contributed by atoms with Gasteiger partial charge in [-0.05, 0) is 37.1 Å². The molecule has 4 N–H and O–H groups in total. The molecule has 0 aliphatic carbocycles. The molecule has 1 heterocycles. The maximum Gasteiger partial charge on any atom is 0.238 e. The highest BCUT2D eigenvalue weighted by atomic mass is 16.3. The van der Waals surface area contributed by atoms with Gasteiger partial charge in [0.25, 0.3) is 0 Å². The van der Waals surface area contributed by atoms with Crippen LogP contribution in [-0.2, 0) is 11.3 Å². The van der Waals surface area contributed by atoms with Crippen molar-refractivity contribution in [2.24, 2.45) is 5.73 Å². The summed E-state index contributed by atoms with van der Waals surface area (Å²) in [6, 6.07) is 7.51. The van der Waals surface area contributed by atoms with Crippen LogP contribution in [0.3, 0.4) is 0 Å². The Balaban J connectivity index is 1.83. The van der Waals surface area contributed by atoms with Crippen molar-refractivity contribution >= 4 is 11.6 Å². The molecule has 1 atom stereocenters. The molecule has 1 aliphatic heterocycles. The van der Waals surface area contributed by atoms with E-state index in [1.165, 1.54) is 0 Å². The van der Waals surface area contributed by atoms with E-state index in [2.05, 4.69) is 5.32 Å². The van der Waals surface area contributed by atoms with Gasteiger partial charge in [-0.25, -0.2) is 0 Å². The number of benzene rings is 1. The van der Waals surface area contributed by atoms with Gasteiger partial charge in [-0.2, -0.15) is 0 Å². The number of aliphatic hydroxyl groups is 1. The van der Waals surface area contributed by atoms with Gasteiger partial charge in [0, 0.05) is 18.8 Å². The fraction of sp³-hybridized carbons (Fsp3) is 0.500. The number of piperidine rings is 1. The van der Waals surface area contributed by atoms with Gasteiger partial charge in [-0.15, -0.1) is 0 Å². The van der Waals surface area contributed by atoms with Crippen LogP contribution in [0, 0.1) is 0 Å². The summed E-state index contributed by atoms with van der Waals surface area (Å²) in [4.78, 5) is 13.9. The lowest BCUT2D eigenvalue weighted by atomic mass is 10.1. The Labute approximate surface area is 113 Å². The molecule has 0 aromatic heterocycles. The molecular weight excluding hydrogens is 242 g/mol. The first-order chi connectivity index (χ1) is 9.17. The fourth-order valence-corrected chi connectivity index (χ4v) is 2.30. The van der Waals surface area contributed by atoms with Crippen LogP contribution in [0.15, 0.2) is 24.3 Å². The molecule has 1 aromatic carbocycles. The van der Waals surface area contributed by atoms with E-state index >= 15 is 0 Å². The number of hydrogen-bond donors (Lipinski definition) is 3. The Morgan fingerprint density at radius 2 is 2.16 bits per heavy atom. The molecule has 0 bridgehead atoms. The lowest BCUT2D eigenvalue weighted by molar-refractivity contribution is -0.118. The van der Waals surface area contributed by atoms with Crippen molar-refractivity contribution in [2.45, 2.75) is 25.5 Å². The zero-order chi connectivity index (χ0) is 13.7. The Bertz CT molecular complexity index is 419. The predicted molar refractivity (Wildman–Crippen MR) is 74.6 cm³/mol. The minimum Gasteiger partial charge on any atom is -0.392 e. The molecule has 1 aliphatic rings. The molecule has 1 saturated heterocycles. The van der Waals surface area contributed by atoms with E-state index < -0.39 is 0 Å². The molecule has 1 aromatic rings. The first-order valence-electron chi connectivity index (χ1n) is 6.66. The van der Waals surface area contributed by atoms with E-state index in [9.17, 15) is 9.90 Å². The number of rotatable bonds is 4. The summed E-state index contributed by atoms with van der Waals surface area (Å²) in [6.45, 7) is 2.28. The highest BCUT2D eigenvalue weighted by Crippen LogP contribution is 2.11. The van der Waals surface area contributed by atoms with Crippen LogP contribution in [-0.4, -0.2) is 41.7 Å². The van der Waals surface area contributed by atoms with Crippen molar-refractivity contribution in [3.8, 4) is 0 Å². The number of nitrogens with zero attached hydrogens (tertiary/aromatic N) is 1. The molecule has 1 unspecified atom stereocenters. The molecule has 0 radical (unpaired) electrons. The normalized spacial score (nSPS) is 20.2. The predicted octanol–water partition coefficient (Wildman–Crippen LogP) is 0.540. The van der Waals surface area contributed by atoms with E-state index in [4.69, 9.17) is 5.73 Å². The van der Waals surface area contributed by atoms with Gasteiger partial charge in [0.1, 0.15) is 0 Å². The van der Waals surface area contributed by atoms with E-state index in [0.29, 0.717) is 19.6 Å². The summed E-state index contributed by atoms with van der Waals surface area (Å²) in [6.07, 6.45) is 1.48. The van der Waals surface area contributed by atoms with Crippen LogP contribution in [0.2, 0.25) is 0 Å². The number of hydrogen-bond acceptors (Lipinski definition) is 4. The van der Waals surface area contributed by atoms with Crippen molar-refractivity contribution < 1.29 is 9.90 Å². The molecular formula is C14H21N3O2. The number of nitrogens with two attached hydrogens (primary N) is 1. The molecule has 19 heavy (non-hydrogen) atoms. The van der Waals surface area contributed by atoms with E-state index in [0.717, 1.165) is 30.6 Å². The summed E-state index contributed by atoms with van der Waals surface area (Å²) in [5.41, 5.74) is 7.34. The van der Waals surface area contributed by atoms with Crippen molar-refractivity contribution in [1.82, 2.24) is 4.90 Å². The molecule has 5 heteroatoms. The number of aliphatic hydroxyl groups excluding tert-OH is 1. The zero-order valence-electron chi connectivity index (χ0n) is 11.0. The van der Waals surface area contributed by atoms with Crippen molar-refractivity contribution in [1.29, 1.82) is 0 Å². The third-order valence-electron chi connectivity index (χ3n) is 3.32. The van der Waals surface area contributed by atoms with Gasteiger partial charge in [0.05, 0.1) is 12.6 Å². The first kappa shape index (κ1) is 14.0. The monoisotopic (exact) mass is 263 g/mol. The highest BCUT2D eigenvalue weighted by Gasteiger charge is 2.19. The number of likely N-dealkylation sites (tertiary alicyclic amines) is 1. The van der Waals surface area contributed by atoms with Gasteiger partial charge in [0.2, 0.25) is 5.91 Å². The van der Waals surface area contributed by atoms with Crippen LogP contribution < -0.4 is 11.1 Å². The second-order valence-corrected chi connectivity index (χ2v) is 4.98. The molecule has 1 fully saturated rings. The number of amides is 1. The summed E-state index contributed by atoms with van der Waals surface area (Å²) in [7, 11) is 0. The Morgan fingerprint density at radius 1 is 1.42 bits per heavy atom. The minimum atomic E-state index is -0.301. The molecule has 1 amide bonds. The molecule has 0 saturated carbocycles. The largest absolute Gasteiger partial charge is 0.392 e. The average Bonchev–Trinajstić information content (AvgIpc) is 2.39. The van der Waals surface area contributed by atoms with Crippen molar-refractivity contribution in [2.75, 3.05) is 25.0 Å². The second-order valence-electron chi connectivity index (χ2n) is 4.98. The van der Waals surface area contributed by atoms with Gasteiger partial charge in [-0.3, -0.25) is 9.69 Å². The quantitative estimate of drug-likeness (QED) is 0.741. The first-order valence-corrected chi connectivity index (χ1v) is 6.66. The molecule has 5 nitrogen and oxygen atoms in total. The van der Waals surface area contributed by atoms with Gasteiger partial charge in [0.15, 0.2) is 0 Å². The number of anilines is 1. The molecule has 2 rings (SSSR count).